The molecule has 0 radical (unpaired) electrons. The number of aryl methyl sites for hydroxylation is 1. The first-order valence-electron chi connectivity index (χ1n) is 11.7. The molecule has 1 aliphatic heterocycles. The number of ether oxygens (including phenoxy) is 1. The van der Waals surface area contributed by atoms with Crippen LogP contribution in [0.2, 0.25) is 1.41 Å². The van der Waals surface area contributed by atoms with E-state index >= 15 is 0 Å². The van der Waals surface area contributed by atoms with Crippen LogP contribution in [0.15, 0.2) is 30.3 Å². The molecule has 1 amide bonds. The van der Waals surface area contributed by atoms with Crippen LogP contribution in [0.4, 0.5) is 0 Å². The second-order valence-corrected chi connectivity index (χ2v) is 8.19. The number of carbonyl (C=O) groups excluding carboxylic acids is 2. The minimum Gasteiger partial charge on any atom is -0.480 e. The van der Waals surface area contributed by atoms with Crippen molar-refractivity contribution in [2.24, 2.45) is 5.92 Å². The molecule has 1 saturated heterocycles. The number of carboxylic acids is 1. The molecule has 7 nitrogen and oxygen atoms in total. The Bertz CT molecular complexity index is 809. The zero-order chi connectivity index (χ0) is 23.3. The van der Waals surface area contributed by atoms with Crippen molar-refractivity contribution in [1.29, 1.82) is 1.43 Å². The van der Waals surface area contributed by atoms with Gasteiger partial charge in [-0.25, -0.2) is 4.79 Å². The van der Waals surface area contributed by atoms with E-state index < -0.39 is 30.1 Å². The van der Waals surface area contributed by atoms with Gasteiger partial charge < -0.3 is 14.7 Å². The second kappa shape index (κ2) is 10.1. The summed E-state index contributed by atoms with van der Waals surface area (Å²) in [6.07, 6.45) is 4.06. The van der Waals surface area contributed by atoms with E-state index in [0.717, 1.165) is 30.1 Å². The SMILES string of the molecule is [2H]OC(=O)[C@@H]1CC2CCCC2N1C(=O)[C@H](C)N([2H])[C@@H](CCc1ccccc1)C(=O)OCC. The maximum absolute atomic E-state index is 13.5. The summed E-state index contributed by atoms with van der Waals surface area (Å²) in [4.78, 5) is 39.8. The van der Waals surface area contributed by atoms with Gasteiger partial charge in [0.25, 0.3) is 1.43 Å². The number of carboxylic acid groups (broad SMARTS) is 1. The molecule has 164 valence electrons. The number of rotatable bonds is 9. The maximum atomic E-state index is 13.5. The predicted octanol–water partition coefficient (Wildman–Crippen LogP) is 2.38. The highest BCUT2D eigenvalue weighted by molar-refractivity contribution is 5.88. The van der Waals surface area contributed by atoms with Crippen LogP contribution in [-0.2, 0) is 25.5 Å². The number of fused-ring (bicyclic) bond motifs is 1. The molecule has 2 fully saturated rings. The first-order chi connectivity index (χ1) is 15.4. The van der Waals surface area contributed by atoms with Crippen LogP contribution in [-0.4, -0.2) is 58.6 Å². The molecule has 0 bridgehead atoms. The Balaban J connectivity index is 1.76. The molecule has 7 heteroatoms. The van der Waals surface area contributed by atoms with Gasteiger partial charge in [0, 0.05) is 6.04 Å². The van der Waals surface area contributed by atoms with Crippen molar-refractivity contribution in [1.82, 2.24) is 10.2 Å². The fraction of sp³-hybridized carbons (Fsp3) is 0.609. The van der Waals surface area contributed by atoms with Crippen molar-refractivity contribution >= 4 is 17.8 Å². The first-order valence-corrected chi connectivity index (χ1v) is 10.9. The summed E-state index contributed by atoms with van der Waals surface area (Å²) in [5.41, 5.74) is 1.03. The van der Waals surface area contributed by atoms with Crippen molar-refractivity contribution in [3.63, 3.8) is 0 Å². The molecule has 2 unspecified atom stereocenters. The minimum atomic E-state index is -0.958. The number of nitrogens with zero attached hydrogens (tertiary/aromatic N) is 1. The van der Waals surface area contributed by atoms with Crippen molar-refractivity contribution in [3.05, 3.63) is 35.9 Å². The van der Waals surface area contributed by atoms with Crippen LogP contribution < -0.4 is 5.31 Å². The van der Waals surface area contributed by atoms with E-state index in [-0.39, 0.29) is 24.5 Å². The average Bonchev–Trinajstić information content (AvgIpc) is 3.40. The Morgan fingerprint density at radius 2 is 2.10 bits per heavy atom. The molecule has 30 heavy (non-hydrogen) atoms. The van der Waals surface area contributed by atoms with Gasteiger partial charge in [-0.3, -0.25) is 14.9 Å². The molecule has 2 aliphatic rings. The minimum absolute atomic E-state index is 0.0900. The van der Waals surface area contributed by atoms with E-state index in [2.05, 4.69) is 5.11 Å². The fourth-order valence-electron chi connectivity index (χ4n) is 4.81. The number of likely N-dealkylation sites (tertiary alicyclic amines) is 1. The lowest BCUT2D eigenvalue weighted by Crippen LogP contribution is -2.55. The van der Waals surface area contributed by atoms with Crippen LogP contribution in [0.25, 0.3) is 1.43 Å². The molecule has 5 atom stereocenters. The standard InChI is InChI=1S/C23H32N2O5/c1-3-30-23(29)18(13-12-16-8-5-4-6-9-16)24-15(2)21(26)25-19-11-7-10-17(19)14-20(25)22(27)28/h4-6,8-9,15,17-20,24H,3,7,10-14H2,1-2H3,(H,27,28)/t15-,17?,18-,19?,20-/m0/s1/i/hD2. The molecule has 3 rings (SSSR count). The molecule has 0 aromatic heterocycles. The van der Waals surface area contributed by atoms with Gasteiger partial charge in [0.15, 0.2) is 0 Å². The highest BCUT2D eigenvalue weighted by Gasteiger charge is 2.49. The smallest absolute Gasteiger partial charge is 0.326 e. The Kier molecular flexibility index (Phi) is 6.56. The van der Waals surface area contributed by atoms with Crippen molar-refractivity contribution in [3.8, 4) is 0 Å². The molecule has 2 N–H and O–H groups in total. The van der Waals surface area contributed by atoms with Gasteiger partial charge in [-0.2, -0.15) is 0 Å². The van der Waals surface area contributed by atoms with E-state index in [1.807, 2.05) is 30.3 Å². The third kappa shape index (κ3) is 5.01. The van der Waals surface area contributed by atoms with Crippen LogP contribution in [0.1, 0.15) is 51.5 Å². The van der Waals surface area contributed by atoms with Gasteiger partial charge >= 0.3 is 11.9 Å². The number of amides is 1. The maximum Gasteiger partial charge on any atom is 0.326 e. The predicted molar refractivity (Wildman–Crippen MR) is 112 cm³/mol. The monoisotopic (exact) mass is 418 g/mol. The van der Waals surface area contributed by atoms with Crippen molar-refractivity contribution in [2.75, 3.05) is 6.61 Å². The average molecular weight is 419 g/mol. The highest BCUT2D eigenvalue weighted by atomic mass is 16.5. The lowest BCUT2D eigenvalue weighted by molar-refractivity contribution is -0.151. The Morgan fingerprint density at radius 3 is 2.80 bits per heavy atom. The van der Waals surface area contributed by atoms with E-state index in [1.54, 1.807) is 13.8 Å². The van der Waals surface area contributed by atoms with Gasteiger partial charge in [0.05, 0.1) is 12.6 Å². The highest BCUT2D eigenvalue weighted by Crippen LogP contribution is 2.41. The van der Waals surface area contributed by atoms with Gasteiger partial charge in [0.1, 0.15) is 13.5 Å². The zero-order valence-corrected chi connectivity index (χ0v) is 17.7. The van der Waals surface area contributed by atoms with Gasteiger partial charge in [0.2, 0.25) is 5.91 Å². The van der Waals surface area contributed by atoms with E-state index in [0.29, 0.717) is 19.3 Å². The number of hydrogen-bond donors (Lipinski definition) is 2. The summed E-state index contributed by atoms with van der Waals surface area (Å²) >= 11 is 0. The third-order valence-corrected chi connectivity index (χ3v) is 6.23. The summed E-state index contributed by atoms with van der Waals surface area (Å²) in [6.45, 7) is 3.47. The van der Waals surface area contributed by atoms with Crippen molar-refractivity contribution in [2.45, 2.75) is 76.5 Å². The summed E-state index contributed by atoms with van der Waals surface area (Å²) in [5, 5.41) is 5.22. The van der Waals surface area contributed by atoms with Gasteiger partial charge in [-0.05, 0) is 57.4 Å². The van der Waals surface area contributed by atoms with Gasteiger partial charge in [-0.15, -0.1) is 0 Å². The number of esters is 1. The molecular formula is C23H32N2O5. The van der Waals surface area contributed by atoms with Crippen molar-refractivity contribution < 1.29 is 25.6 Å². The summed E-state index contributed by atoms with van der Waals surface area (Å²) in [5.74, 6) is -1.48. The number of benzene rings is 1. The summed E-state index contributed by atoms with van der Waals surface area (Å²) in [7, 11) is 0. The fourth-order valence-corrected chi connectivity index (χ4v) is 4.81. The normalized spacial score (nSPS) is 25.8. The lowest BCUT2D eigenvalue weighted by atomic mass is 10.0. The van der Waals surface area contributed by atoms with Crippen LogP contribution in [0.5, 0.6) is 0 Å². The summed E-state index contributed by atoms with van der Waals surface area (Å²) < 4.78 is 20.8. The topological polar surface area (TPSA) is 95.9 Å². The van der Waals surface area contributed by atoms with E-state index in [9.17, 15) is 14.4 Å². The molecule has 1 aliphatic carbocycles. The quantitative estimate of drug-likeness (QED) is 0.598. The number of carbonyl (C=O) groups is 3. The van der Waals surface area contributed by atoms with Crippen LogP contribution >= 0.6 is 0 Å². The molecule has 1 heterocycles. The number of aliphatic carboxylic acids is 1. The van der Waals surface area contributed by atoms with Gasteiger partial charge in [-0.1, -0.05) is 36.8 Å². The zero-order valence-electron chi connectivity index (χ0n) is 19.7. The lowest BCUT2D eigenvalue weighted by Gasteiger charge is -2.31. The molecular weight excluding hydrogens is 384 g/mol. The Hall–Kier alpha value is -2.41. The molecule has 1 aromatic carbocycles. The Labute approximate surface area is 180 Å². The summed E-state index contributed by atoms with van der Waals surface area (Å²) in [6, 6.07) is 6.86. The number of hydrogen-bond acceptors (Lipinski definition) is 6. The van der Waals surface area contributed by atoms with Crippen LogP contribution in [0.3, 0.4) is 0 Å². The van der Waals surface area contributed by atoms with Crippen LogP contribution in [0, 0.1) is 5.92 Å². The van der Waals surface area contributed by atoms with E-state index in [1.165, 1.54) is 4.90 Å². The first kappa shape index (κ1) is 19.5. The molecule has 1 saturated carbocycles. The largest absolute Gasteiger partial charge is 0.480 e. The Morgan fingerprint density at radius 1 is 1.33 bits per heavy atom. The number of nitrogens with one attached hydrogen (secondary N) is 1. The third-order valence-electron chi connectivity index (χ3n) is 6.23. The van der Waals surface area contributed by atoms with E-state index in [4.69, 9.17) is 7.58 Å². The molecule has 1 aromatic rings. The second-order valence-electron chi connectivity index (χ2n) is 8.19. The molecule has 0 spiro atoms.